The molecule has 0 bridgehead atoms. The molecule has 0 saturated heterocycles. The van der Waals surface area contributed by atoms with Crippen molar-refractivity contribution < 1.29 is 9.53 Å². The fraction of sp³-hybridized carbons (Fsp3) is 0.350. The van der Waals surface area contributed by atoms with E-state index in [0.29, 0.717) is 19.6 Å². The van der Waals surface area contributed by atoms with Crippen LogP contribution in [0.2, 0.25) is 0 Å². The van der Waals surface area contributed by atoms with Crippen LogP contribution in [0, 0.1) is 0 Å². The van der Waals surface area contributed by atoms with Crippen LogP contribution in [-0.4, -0.2) is 30.5 Å². The molecule has 0 radical (unpaired) electrons. The fourth-order valence-corrected chi connectivity index (χ4v) is 2.50. The van der Waals surface area contributed by atoms with Gasteiger partial charge in [0.25, 0.3) is 0 Å². The van der Waals surface area contributed by atoms with Crippen LogP contribution < -0.4 is 10.1 Å². The van der Waals surface area contributed by atoms with Crippen molar-refractivity contribution in [2.75, 3.05) is 13.7 Å². The number of nitrogens with one attached hydrogen (secondary N) is 1. The van der Waals surface area contributed by atoms with Crippen LogP contribution in [0.5, 0.6) is 5.75 Å². The number of amides is 1. The molecule has 128 valence electrons. The van der Waals surface area contributed by atoms with Crippen LogP contribution in [0.1, 0.15) is 25.0 Å². The highest BCUT2D eigenvalue weighted by Crippen LogP contribution is 2.11. The van der Waals surface area contributed by atoms with Gasteiger partial charge in [-0.05, 0) is 37.1 Å². The minimum Gasteiger partial charge on any atom is -0.497 e. The molecular formula is C20H26N2O2. The third kappa shape index (κ3) is 5.39. The van der Waals surface area contributed by atoms with Crippen molar-refractivity contribution in [2.45, 2.75) is 33.0 Å². The molecule has 0 fully saturated rings. The molecule has 2 aromatic carbocycles. The number of carbonyl (C=O) groups is 1. The molecule has 0 atom stereocenters. The summed E-state index contributed by atoms with van der Waals surface area (Å²) in [6.45, 7) is 5.72. The van der Waals surface area contributed by atoms with E-state index < -0.39 is 0 Å². The van der Waals surface area contributed by atoms with Gasteiger partial charge in [-0.2, -0.15) is 0 Å². The number of rotatable bonds is 8. The summed E-state index contributed by atoms with van der Waals surface area (Å²) in [5.74, 6) is 0.950. The monoisotopic (exact) mass is 326 g/mol. The number of benzene rings is 2. The number of carbonyl (C=O) groups excluding carboxylic acids is 1. The topological polar surface area (TPSA) is 41.6 Å². The largest absolute Gasteiger partial charge is 0.497 e. The predicted molar refractivity (Wildman–Crippen MR) is 96.8 cm³/mol. The Hall–Kier alpha value is -2.33. The first-order valence-corrected chi connectivity index (χ1v) is 8.27. The Bertz CT molecular complexity index is 624. The maximum Gasteiger partial charge on any atom is 0.237 e. The summed E-state index contributed by atoms with van der Waals surface area (Å²) >= 11 is 0. The molecule has 2 aromatic rings. The zero-order valence-corrected chi connectivity index (χ0v) is 14.7. The second-order valence-corrected chi connectivity index (χ2v) is 6.05. The van der Waals surface area contributed by atoms with Crippen LogP contribution >= 0.6 is 0 Å². The van der Waals surface area contributed by atoms with Crippen LogP contribution in [0.25, 0.3) is 0 Å². The van der Waals surface area contributed by atoms with Gasteiger partial charge in [-0.25, -0.2) is 0 Å². The van der Waals surface area contributed by atoms with Gasteiger partial charge in [0.05, 0.1) is 13.7 Å². The number of hydrogen-bond acceptors (Lipinski definition) is 3. The Labute approximate surface area is 144 Å². The normalized spacial score (nSPS) is 10.7. The van der Waals surface area contributed by atoms with Gasteiger partial charge in [0.2, 0.25) is 5.91 Å². The van der Waals surface area contributed by atoms with E-state index in [1.807, 2.05) is 73.3 Å². The number of methoxy groups -OCH3 is 1. The Morgan fingerprint density at radius 3 is 2.29 bits per heavy atom. The third-order valence-electron chi connectivity index (χ3n) is 3.90. The van der Waals surface area contributed by atoms with Crippen LogP contribution in [0.15, 0.2) is 54.6 Å². The lowest BCUT2D eigenvalue weighted by Gasteiger charge is -2.27. The van der Waals surface area contributed by atoms with Gasteiger partial charge in [0, 0.05) is 19.1 Å². The SMILES string of the molecule is COc1ccc(CNCC(=O)N(Cc2ccccc2)C(C)C)cc1. The first-order chi connectivity index (χ1) is 11.6. The molecule has 0 saturated carbocycles. The Balaban J connectivity index is 1.86. The predicted octanol–water partition coefficient (Wildman–Crippen LogP) is 3.22. The summed E-state index contributed by atoms with van der Waals surface area (Å²) in [5.41, 5.74) is 2.28. The maximum atomic E-state index is 12.5. The lowest BCUT2D eigenvalue weighted by molar-refractivity contribution is -0.132. The Kier molecular flexibility index (Phi) is 6.82. The van der Waals surface area contributed by atoms with E-state index in [1.54, 1.807) is 7.11 Å². The minimum absolute atomic E-state index is 0.113. The summed E-state index contributed by atoms with van der Waals surface area (Å²) in [6.07, 6.45) is 0. The molecule has 0 aromatic heterocycles. The van der Waals surface area contributed by atoms with Gasteiger partial charge in [0.15, 0.2) is 0 Å². The van der Waals surface area contributed by atoms with Crippen LogP contribution in [0.4, 0.5) is 0 Å². The van der Waals surface area contributed by atoms with Gasteiger partial charge in [-0.15, -0.1) is 0 Å². The zero-order chi connectivity index (χ0) is 17.4. The first kappa shape index (κ1) is 18.0. The highest BCUT2D eigenvalue weighted by atomic mass is 16.5. The van der Waals surface area contributed by atoms with Gasteiger partial charge in [-0.1, -0.05) is 42.5 Å². The number of ether oxygens (including phenoxy) is 1. The van der Waals surface area contributed by atoms with Crippen molar-refractivity contribution in [2.24, 2.45) is 0 Å². The van der Waals surface area contributed by atoms with E-state index in [0.717, 1.165) is 16.9 Å². The zero-order valence-electron chi connectivity index (χ0n) is 14.7. The highest BCUT2D eigenvalue weighted by molar-refractivity contribution is 5.78. The highest BCUT2D eigenvalue weighted by Gasteiger charge is 2.16. The molecule has 4 nitrogen and oxygen atoms in total. The van der Waals surface area contributed by atoms with Crippen molar-refractivity contribution in [3.63, 3.8) is 0 Å². The smallest absolute Gasteiger partial charge is 0.237 e. The van der Waals surface area contributed by atoms with Gasteiger partial charge >= 0.3 is 0 Å². The van der Waals surface area contributed by atoms with E-state index in [1.165, 1.54) is 0 Å². The quantitative estimate of drug-likeness (QED) is 0.810. The molecule has 4 heteroatoms. The average molecular weight is 326 g/mol. The third-order valence-corrected chi connectivity index (χ3v) is 3.90. The van der Waals surface area contributed by atoms with Gasteiger partial charge < -0.3 is 15.0 Å². The standard InChI is InChI=1S/C20H26N2O2/c1-16(2)22(15-18-7-5-4-6-8-18)20(23)14-21-13-17-9-11-19(24-3)12-10-17/h4-12,16,21H,13-15H2,1-3H3. The van der Waals surface area contributed by atoms with Crippen molar-refractivity contribution >= 4 is 5.91 Å². The molecule has 0 aliphatic carbocycles. The van der Waals surface area contributed by atoms with Crippen LogP contribution in [0.3, 0.4) is 0 Å². The molecule has 0 unspecified atom stereocenters. The molecule has 1 N–H and O–H groups in total. The summed E-state index contributed by atoms with van der Waals surface area (Å²) in [5, 5.41) is 3.23. The van der Waals surface area contributed by atoms with Crippen molar-refractivity contribution in [1.29, 1.82) is 0 Å². The summed E-state index contributed by atoms with van der Waals surface area (Å²) < 4.78 is 5.15. The summed E-state index contributed by atoms with van der Waals surface area (Å²) in [4.78, 5) is 14.4. The first-order valence-electron chi connectivity index (χ1n) is 8.27. The Morgan fingerprint density at radius 2 is 1.71 bits per heavy atom. The van der Waals surface area contributed by atoms with Crippen molar-refractivity contribution in [3.05, 3.63) is 65.7 Å². The molecule has 2 rings (SSSR count). The molecule has 0 aliphatic heterocycles. The van der Waals surface area contributed by atoms with E-state index in [9.17, 15) is 4.79 Å². The lowest BCUT2D eigenvalue weighted by Crippen LogP contribution is -2.41. The molecule has 1 amide bonds. The summed E-state index contributed by atoms with van der Waals surface area (Å²) in [6, 6.07) is 18.1. The fourth-order valence-electron chi connectivity index (χ4n) is 2.50. The number of nitrogens with zero attached hydrogens (tertiary/aromatic N) is 1. The van der Waals surface area contributed by atoms with Crippen LogP contribution in [-0.2, 0) is 17.9 Å². The molecule has 24 heavy (non-hydrogen) atoms. The van der Waals surface area contributed by atoms with E-state index in [4.69, 9.17) is 4.74 Å². The van der Waals surface area contributed by atoms with Gasteiger partial charge in [0.1, 0.15) is 5.75 Å². The lowest BCUT2D eigenvalue weighted by atomic mass is 10.2. The molecule has 0 spiro atoms. The molecule has 0 heterocycles. The second-order valence-electron chi connectivity index (χ2n) is 6.05. The maximum absolute atomic E-state index is 12.5. The minimum atomic E-state index is 0.113. The van der Waals surface area contributed by atoms with Gasteiger partial charge in [-0.3, -0.25) is 4.79 Å². The van der Waals surface area contributed by atoms with Crippen molar-refractivity contribution in [1.82, 2.24) is 10.2 Å². The van der Waals surface area contributed by atoms with E-state index in [2.05, 4.69) is 5.32 Å². The molecular weight excluding hydrogens is 300 g/mol. The summed E-state index contributed by atoms with van der Waals surface area (Å²) in [7, 11) is 1.65. The molecule has 0 aliphatic rings. The average Bonchev–Trinajstić information content (AvgIpc) is 2.60. The van der Waals surface area contributed by atoms with E-state index >= 15 is 0 Å². The van der Waals surface area contributed by atoms with Crippen molar-refractivity contribution in [3.8, 4) is 5.75 Å². The van der Waals surface area contributed by atoms with E-state index in [-0.39, 0.29) is 11.9 Å². The second kappa shape index (κ2) is 9.08. The number of hydrogen-bond donors (Lipinski definition) is 1. The Morgan fingerprint density at radius 1 is 1.04 bits per heavy atom.